The highest BCUT2D eigenvalue weighted by atomic mass is 16.3. The van der Waals surface area contributed by atoms with E-state index < -0.39 is 0 Å². The second-order valence-corrected chi connectivity index (χ2v) is 7.10. The van der Waals surface area contributed by atoms with Crippen LogP contribution in [0.25, 0.3) is 0 Å². The van der Waals surface area contributed by atoms with Crippen LogP contribution in [0.2, 0.25) is 0 Å². The monoisotopic (exact) mass is 284 g/mol. The number of rotatable bonds is 6. The van der Waals surface area contributed by atoms with Crippen molar-refractivity contribution in [1.82, 2.24) is 10.2 Å². The van der Waals surface area contributed by atoms with Crippen LogP contribution in [-0.4, -0.2) is 42.3 Å². The van der Waals surface area contributed by atoms with E-state index in [0.29, 0.717) is 18.5 Å². The molecule has 0 aromatic carbocycles. The van der Waals surface area contributed by atoms with Crippen LogP contribution >= 0.6 is 0 Å². The van der Waals surface area contributed by atoms with E-state index in [-0.39, 0.29) is 18.1 Å². The second-order valence-electron chi connectivity index (χ2n) is 7.10. The van der Waals surface area contributed by atoms with E-state index in [0.717, 1.165) is 19.3 Å². The van der Waals surface area contributed by atoms with Gasteiger partial charge in [0.2, 0.25) is 0 Å². The zero-order valence-electron chi connectivity index (χ0n) is 13.6. The van der Waals surface area contributed by atoms with Crippen molar-refractivity contribution in [2.24, 2.45) is 11.3 Å². The zero-order chi connectivity index (χ0) is 15.2. The highest BCUT2D eigenvalue weighted by molar-refractivity contribution is 5.74. The lowest BCUT2D eigenvalue weighted by molar-refractivity contribution is 0.140. The topological polar surface area (TPSA) is 52.6 Å². The number of nitrogens with zero attached hydrogens (tertiary/aromatic N) is 1. The molecule has 4 heteroatoms. The van der Waals surface area contributed by atoms with Crippen LogP contribution in [0.1, 0.15) is 59.3 Å². The molecule has 0 aromatic heterocycles. The van der Waals surface area contributed by atoms with Gasteiger partial charge in [-0.25, -0.2) is 4.79 Å². The molecule has 2 unspecified atom stereocenters. The summed E-state index contributed by atoms with van der Waals surface area (Å²) < 4.78 is 0. The van der Waals surface area contributed by atoms with E-state index in [1.54, 1.807) is 0 Å². The maximum atomic E-state index is 12.1. The van der Waals surface area contributed by atoms with Crippen molar-refractivity contribution >= 4 is 6.03 Å². The molecular formula is C16H32N2O2. The van der Waals surface area contributed by atoms with Crippen molar-refractivity contribution in [2.45, 2.75) is 65.3 Å². The second kappa shape index (κ2) is 7.87. The lowest BCUT2D eigenvalue weighted by Crippen LogP contribution is -2.47. The Balaban J connectivity index is 2.28. The Labute approximate surface area is 123 Å². The largest absolute Gasteiger partial charge is 0.396 e. The first-order valence-electron chi connectivity index (χ1n) is 7.99. The summed E-state index contributed by atoms with van der Waals surface area (Å²) >= 11 is 0. The first-order chi connectivity index (χ1) is 9.37. The lowest BCUT2D eigenvalue weighted by Gasteiger charge is -2.36. The summed E-state index contributed by atoms with van der Waals surface area (Å²) in [4.78, 5) is 14.0. The molecule has 0 bridgehead atoms. The minimum Gasteiger partial charge on any atom is -0.396 e. The molecule has 1 aliphatic rings. The average molecular weight is 284 g/mol. The van der Waals surface area contributed by atoms with Crippen LogP contribution in [0.3, 0.4) is 0 Å². The van der Waals surface area contributed by atoms with Gasteiger partial charge in [-0.05, 0) is 37.0 Å². The molecule has 20 heavy (non-hydrogen) atoms. The molecular weight excluding hydrogens is 252 g/mol. The highest BCUT2D eigenvalue weighted by Crippen LogP contribution is 2.27. The smallest absolute Gasteiger partial charge is 0.317 e. The van der Waals surface area contributed by atoms with Crippen LogP contribution in [-0.2, 0) is 0 Å². The minimum absolute atomic E-state index is 0.0468. The Morgan fingerprint density at radius 1 is 1.35 bits per heavy atom. The molecule has 0 aliphatic heterocycles. The Morgan fingerprint density at radius 3 is 2.60 bits per heavy atom. The molecule has 0 heterocycles. The third-order valence-corrected chi connectivity index (χ3v) is 4.62. The molecule has 2 N–H and O–H groups in total. The molecule has 0 radical (unpaired) electrons. The van der Waals surface area contributed by atoms with Gasteiger partial charge in [0.05, 0.1) is 0 Å². The van der Waals surface area contributed by atoms with Crippen LogP contribution < -0.4 is 5.32 Å². The average Bonchev–Trinajstić information content (AvgIpc) is 2.43. The highest BCUT2D eigenvalue weighted by Gasteiger charge is 2.27. The molecule has 0 aromatic rings. The van der Waals surface area contributed by atoms with Crippen molar-refractivity contribution in [1.29, 1.82) is 0 Å². The first kappa shape index (κ1) is 17.3. The Hall–Kier alpha value is -0.770. The fourth-order valence-corrected chi connectivity index (χ4v) is 2.99. The van der Waals surface area contributed by atoms with Crippen LogP contribution in [0.15, 0.2) is 0 Å². The van der Waals surface area contributed by atoms with Gasteiger partial charge in [0.15, 0.2) is 0 Å². The van der Waals surface area contributed by atoms with Gasteiger partial charge in [-0.15, -0.1) is 0 Å². The number of hydrogen-bond acceptors (Lipinski definition) is 2. The molecule has 0 saturated heterocycles. The van der Waals surface area contributed by atoms with Crippen molar-refractivity contribution < 1.29 is 9.90 Å². The quantitative estimate of drug-likeness (QED) is 0.737. The van der Waals surface area contributed by atoms with E-state index in [9.17, 15) is 9.90 Å². The van der Waals surface area contributed by atoms with Crippen LogP contribution in [0, 0.1) is 11.3 Å². The first-order valence-corrected chi connectivity index (χ1v) is 7.99. The molecule has 4 nitrogen and oxygen atoms in total. The number of aliphatic hydroxyl groups excluding tert-OH is 1. The summed E-state index contributed by atoms with van der Waals surface area (Å²) in [6.07, 6.45) is 6.72. The predicted octanol–water partition coefficient (Wildman–Crippen LogP) is 3.01. The normalized spacial score (nSPS) is 23.4. The van der Waals surface area contributed by atoms with Gasteiger partial charge < -0.3 is 15.3 Å². The summed E-state index contributed by atoms with van der Waals surface area (Å²) in [5, 5.41) is 12.2. The van der Waals surface area contributed by atoms with Crippen molar-refractivity contribution in [3.8, 4) is 0 Å². The molecule has 2 atom stereocenters. The Kier molecular flexibility index (Phi) is 6.80. The summed E-state index contributed by atoms with van der Waals surface area (Å²) in [7, 11) is 1.92. The number of urea groups is 1. The summed E-state index contributed by atoms with van der Waals surface area (Å²) in [6, 6.07) is 0.434. The van der Waals surface area contributed by atoms with Gasteiger partial charge in [0, 0.05) is 26.2 Å². The Morgan fingerprint density at radius 2 is 2.00 bits per heavy atom. The number of nitrogens with one attached hydrogen (secondary N) is 1. The van der Waals surface area contributed by atoms with E-state index in [2.05, 4.69) is 12.2 Å². The lowest BCUT2D eigenvalue weighted by atomic mass is 9.85. The SMILES string of the molecule is CC1CCCCC1N(C)C(=O)NCCCC(C)(C)CO. The third-order valence-electron chi connectivity index (χ3n) is 4.62. The molecule has 1 rings (SSSR count). The number of hydrogen-bond donors (Lipinski definition) is 2. The van der Waals surface area contributed by atoms with Gasteiger partial charge in [0.25, 0.3) is 0 Å². The molecule has 1 fully saturated rings. The summed E-state index contributed by atoms with van der Waals surface area (Å²) in [5.41, 5.74) is -0.0471. The standard InChI is InChI=1S/C16H32N2O2/c1-13-8-5-6-9-14(13)18(4)15(20)17-11-7-10-16(2,3)12-19/h13-14,19H,5-12H2,1-4H3,(H,17,20). The van der Waals surface area contributed by atoms with E-state index in [4.69, 9.17) is 0 Å². The zero-order valence-corrected chi connectivity index (χ0v) is 13.6. The molecule has 118 valence electrons. The van der Waals surface area contributed by atoms with Crippen molar-refractivity contribution in [3.63, 3.8) is 0 Å². The van der Waals surface area contributed by atoms with Gasteiger partial charge in [-0.3, -0.25) is 0 Å². The van der Waals surface area contributed by atoms with Gasteiger partial charge in [-0.1, -0.05) is 33.6 Å². The summed E-state index contributed by atoms with van der Waals surface area (Å²) in [5.74, 6) is 0.604. The molecule has 1 aliphatic carbocycles. The third kappa shape index (κ3) is 5.31. The fourth-order valence-electron chi connectivity index (χ4n) is 2.99. The van der Waals surface area contributed by atoms with E-state index >= 15 is 0 Å². The van der Waals surface area contributed by atoms with Crippen LogP contribution in [0.4, 0.5) is 4.79 Å². The maximum Gasteiger partial charge on any atom is 0.317 e. The minimum atomic E-state index is -0.0471. The van der Waals surface area contributed by atoms with Gasteiger partial charge in [-0.2, -0.15) is 0 Å². The predicted molar refractivity (Wildman–Crippen MR) is 82.7 cm³/mol. The number of carbonyl (C=O) groups excluding carboxylic acids is 1. The van der Waals surface area contributed by atoms with Crippen molar-refractivity contribution in [2.75, 3.05) is 20.2 Å². The summed E-state index contributed by atoms with van der Waals surface area (Å²) in [6.45, 7) is 7.22. The number of carbonyl (C=O) groups is 1. The fraction of sp³-hybridized carbons (Fsp3) is 0.938. The number of aliphatic hydroxyl groups is 1. The molecule has 1 saturated carbocycles. The van der Waals surface area contributed by atoms with E-state index in [1.165, 1.54) is 19.3 Å². The maximum absolute atomic E-state index is 12.1. The van der Waals surface area contributed by atoms with E-state index in [1.807, 2.05) is 25.8 Å². The molecule has 2 amide bonds. The Bertz CT molecular complexity index is 305. The van der Waals surface area contributed by atoms with Gasteiger partial charge >= 0.3 is 6.03 Å². The molecule has 0 spiro atoms. The van der Waals surface area contributed by atoms with Crippen LogP contribution in [0.5, 0.6) is 0 Å². The number of amides is 2. The van der Waals surface area contributed by atoms with Gasteiger partial charge in [0.1, 0.15) is 0 Å². The van der Waals surface area contributed by atoms with Crippen molar-refractivity contribution in [3.05, 3.63) is 0 Å².